The molecule has 10 nitrogen and oxygen atoms in total. The molecule has 0 spiro atoms. The zero-order chi connectivity index (χ0) is 36.3. The average Bonchev–Trinajstić information content (AvgIpc) is 3.58. The predicted octanol–water partition coefficient (Wildman–Crippen LogP) is 6.94. The van der Waals surface area contributed by atoms with Gasteiger partial charge in [-0.3, -0.25) is 14.1 Å². The molecule has 1 saturated heterocycles. The molecule has 5 rings (SSSR count). The van der Waals surface area contributed by atoms with Crippen molar-refractivity contribution in [3.63, 3.8) is 0 Å². The van der Waals surface area contributed by atoms with Crippen LogP contribution in [0.15, 0.2) is 95.6 Å². The van der Waals surface area contributed by atoms with Gasteiger partial charge in [0.25, 0.3) is 21.9 Å². The SMILES string of the molecule is CCN1c2ccccc2C(C)(C)C1/C=C/C=C/C=C/C=C1/N(CCCCCC(=O)ON2C(=O)CCC2=O)c2ccc(S(=O)(=O)O)cc2C1(C)C. The van der Waals surface area contributed by atoms with Gasteiger partial charge in [0.05, 0.1) is 10.9 Å². The summed E-state index contributed by atoms with van der Waals surface area (Å²) in [5.41, 5.74) is 4.67. The lowest BCUT2D eigenvalue weighted by Gasteiger charge is -2.31. The molecule has 11 heteroatoms. The lowest BCUT2D eigenvalue weighted by molar-refractivity contribution is -0.197. The molecule has 3 aliphatic rings. The Kier molecular flexibility index (Phi) is 10.9. The maximum absolute atomic E-state index is 12.2. The number of carbonyl (C=O) groups excluding carboxylic acids is 3. The molecule has 1 unspecified atom stereocenters. The van der Waals surface area contributed by atoms with Crippen molar-refractivity contribution in [3.05, 3.63) is 102 Å². The molecule has 0 bridgehead atoms. The number of nitrogens with zero attached hydrogens (tertiary/aromatic N) is 3. The molecule has 0 radical (unpaired) electrons. The van der Waals surface area contributed by atoms with Crippen LogP contribution in [-0.2, 0) is 40.2 Å². The number of carbonyl (C=O) groups is 3. The van der Waals surface area contributed by atoms with Crippen molar-refractivity contribution in [2.75, 3.05) is 22.9 Å². The summed E-state index contributed by atoms with van der Waals surface area (Å²) >= 11 is 0. The van der Waals surface area contributed by atoms with Crippen LogP contribution in [0.2, 0.25) is 0 Å². The Labute approximate surface area is 295 Å². The van der Waals surface area contributed by atoms with Crippen LogP contribution in [0.4, 0.5) is 11.4 Å². The second-order valence-corrected chi connectivity index (χ2v) is 15.4. The van der Waals surface area contributed by atoms with E-state index >= 15 is 0 Å². The molecule has 2 amide bonds. The average molecular weight is 702 g/mol. The number of hydroxylamine groups is 2. The van der Waals surface area contributed by atoms with E-state index in [1.165, 1.54) is 23.4 Å². The number of likely N-dealkylation sites (N-methyl/N-ethyl adjacent to an activating group) is 1. The highest BCUT2D eigenvalue weighted by atomic mass is 32.2. The summed E-state index contributed by atoms with van der Waals surface area (Å²) in [4.78, 5) is 45.1. The first-order chi connectivity index (χ1) is 23.7. The third-order valence-electron chi connectivity index (χ3n) is 9.94. The Hall–Kier alpha value is -4.48. The molecule has 3 aliphatic heterocycles. The van der Waals surface area contributed by atoms with E-state index in [2.05, 4.69) is 67.0 Å². The van der Waals surface area contributed by atoms with Crippen LogP contribution in [0.1, 0.15) is 84.3 Å². The molecule has 0 saturated carbocycles. The fourth-order valence-corrected chi connectivity index (χ4v) is 7.77. The van der Waals surface area contributed by atoms with E-state index in [0.29, 0.717) is 30.9 Å². The Morgan fingerprint density at radius 3 is 2.28 bits per heavy atom. The molecular formula is C39H47N3O7S. The van der Waals surface area contributed by atoms with Gasteiger partial charge in [-0.1, -0.05) is 88.8 Å². The molecule has 1 fully saturated rings. The fraction of sp³-hybridized carbons (Fsp3) is 0.410. The van der Waals surface area contributed by atoms with E-state index in [1.807, 2.05) is 44.2 Å². The van der Waals surface area contributed by atoms with E-state index < -0.39 is 33.3 Å². The number of allylic oxidation sites excluding steroid dienone is 7. The lowest BCUT2D eigenvalue weighted by Crippen LogP contribution is -2.39. The monoisotopic (exact) mass is 701 g/mol. The van der Waals surface area contributed by atoms with Crippen LogP contribution >= 0.6 is 0 Å². The topological polar surface area (TPSA) is 125 Å². The summed E-state index contributed by atoms with van der Waals surface area (Å²) in [5, 5.41) is 0.567. The second kappa shape index (κ2) is 14.8. The molecule has 1 N–H and O–H groups in total. The number of fused-ring (bicyclic) bond motifs is 2. The summed E-state index contributed by atoms with van der Waals surface area (Å²) in [6.45, 7) is 12.3. The number of amides is 2. The van der Waals surface area contributed by atoms with Gasteiger partial charge < -0.3 is 14.6 Å². The standard InChI is InChI=1S/C39H47N3O7S/c1-6-40-31-18-15-14-17-29(31)38(2,3)33(40)19-11-8-7-9-12-20-34-39(4,5)30-27-28(50(46,47)48)22-23-32(30)41(34)26-16-10-13-21-37(45)49-42-35(43)24-25-36(42)44/h7-9,11-12,14-15,17-20,22-23,27,33H,6,10,13,16,21,24-26H2,1-5H3,(H,46,47,48)/b8-7+,12-9+,19-11+,34-20+. The van der Waals surface area contributed by atoms with Gasteiger partial charge in [0, 0.05) is 60.3 Å². The van der Waals surface area contributed by atoms with E-state index in [-0.39, 0.29) is 35.6 Å². The number of imide groups is 1. The first-order valence-electron chi connectivity index (χ1n) is 17.2. The highest BCUT2D eigenvalue weighted by molar-refractivity contribution is 7.85. The Bertz CT molecular complexity index is 1860. The van der Waals surface area contributed by atoms with E-state index in [4.69, 9.17) is 4.84 Å². The van der Waals surface area contributed by atoms with Crippen molar-refractivity contribution in [1.82, 2.24) is 5.06 Å². The number of benzene rings is 2. The highest BCUT2D eigenvalue weighted by Gasteiger charge is 2.42. The molecular weight excluding hydrogens is 655 g/mol. The molecule has 2 aromatic rings. The van der Waals surface area contributed by atoms with Crippen LogP contribution in [0, 0.1) is 0 Å². The van der Waals surface area contributed by atoms with Crippen LogP contribution < -0.4 is 9.80 Å². The lowest BCUT2D eigenvalue weighted by atomic mass is 9.80. The van der Waals surface area contributed by atoms with Gasteiger partial charge in [-0.25, -0.2) is 4.79 Å². The quantitative estimate of drug-likeness (QED) is 0.102. The van der Waals surface area contributed by atoms with Crippen LogP contribution in [0.3, 0.4) is 0 Å². The van der Waals surface area contributed by atoms with Crippen molar-refractivity contribution < 1.29 is 32.2 Å². The van der Waals surface area contributed by atoms with Gasteiger partial charge in [0.1, 0.15) is 0 Å². The number of hydrogen-bond acceptors (Lipinski definition) is 8. The molecule has 0 aliphatic carbocycles. The Balaban J connectivity index is 1.26. The number of rotatable bonds is 13. The molecule has 266 valence electrons. The zero-order valence-corrected chi connectivity index (χ0v) is 30.3. The number of anilines is 2. The third-order valence-corrected chi connectivity index (χ3v) is 10.8. The number of para-hydroxylation sites is 1. The first-order valence-corrected chi connectivity index (χ1v) is 18.7. The fourth-order valence-electron chi connectivity index (χ4n) is 7.27. The van der Waals surface area contributed by atoms with Gasteiger partial charge in [0.15, 0.2) is 0 Å². The van der Waals surface area contributed by atoms with E-state index in [9.17, 15) is 27.4 Å². The van der Waals surface area contributed by atoms with Crippen molar-refractivity contribution in [3.8, 4) is 0 Å². The summed E-state index contributed by atoms with van der Waals surface area (Å²) in [6, 6.07) is 13.5. The van der Waals surface area contributed by atoms with Gasteiger partial charge in [-0.2, -0.15) is 8.42 Å². The maximum Gasteiger partial charge on any atom is 0.333 e. The minimum atomic E-state index is -4.38. The van der Waals surface area contributed by atoms with Crippen molar-refractivity contribution in [1.29, 1.82) is 0 Å². The minimum absolute atomic E-state index is 0.0171. The zero-order valence-electron chi connectivity index (χ0n) is 29.5. The van der Waals surface area contributed by atoms with E-state index in [0.717, 1.165) is 23.5 Å². The normalized spacial score (nSPS) is 20.6. The van der Waals surface area contributed by atoms with Crippen LogP contribution in [0.5, 0.6) is 0 Å². The largest absolute Gasteiger partial charge is 0.364 e. The number of unbranched alkanes of at least 4 members (excludes halogenated alkanes) is 2. The van der Waals surface area contributed by atoms with Crippen LogP contribution in [-0.4, -0.2) is 54.9 Å². The second-order valence-electron chi connectivity index (χ2n) is 14.0. The van der Waals surface area contributed by atoms with Gasteiger partial charge >= 0.3 is 5.97 Å². The molecule has 1 atom stereocenters. The van der Waals surface area contributed by atoms with Crippen molar-refractivity contribution in [2.45, 2.75) is 94.9 Å². The summed E-state index contributed by atoms with van der Waals surface area (Å²) in [7, 11) is -4.38. The summed E-state index contributed by atoms with van der Waals surface area (Å²) in [6.07, 6.45) is 16.4. The molecule has 0 aromatic heterocycles. The van der Waals surface area contributed by atoms with Crippen molar-refractivity contribution in [2.24, 2.45) is 0 Å². The maximum atomic E-state index is 12.2. The Morgan fingerprint density at radius 1 is 0.900 bits per heavy atom. The Morgan fingerprint density at radius 2 is 1.58 bits per heavy atom. The highest BCUT2D eigenvalue weighted by Crippen LogP contribution is 2.49. The first kappa shape index (κ1) is 36.8. The van der Waals surface area contributed by atoms with Crippen molar-refractivity contribution >= 4 is 39.3 Å². The van der Waals surface area contributed by atoms with Gasteiger partial charge in [0.2, 0.25) is 0 Å². The smallest absolute Gasteiger partial charge is 0.333 e. The van der Waals surface area contributed by atoms with Gasteiger partial charge in [-0.05, 0) is 61.2 Å². The third kappa shape index (κ3) is 7.49. The predicted molar refractivity (Wildman–Crippen MR) is 194 cm³/mol. The molecule has 50 heavy (non-hydrogen) atoms. The summed E-state index contributed by atoms with van der Waals surface area (Å²) in [5.74, 6) is -1.62. The van der Waals surface area contributed by atoms with Gasteiger partial charge in [-0.15, -0.1) is 5.06 Å². The summed E-state index contributed by atoms with van der Waals surface area (Å²) < 4.78 is 33.7. The minimum Gasteiger partial charge on any atom is -0.364 e. The molecule has 3 heterocycles. The van der Waals surface area contributed by atoms with E-state index in [1.54, 1.807) is 6.07 Å². The molecule has 2 aromatic carbocycles. The number of hydrogen-bond donors (Lipinski definition) is 1. The van der Waals surface area contributed by atoms with Crippen LogP contribution in [0.25, 0.3) is 0 Å².